The van der Waals surface area contributed by atoms with E-state index in [0.717, 1.165) is 0 Å². The Balaban J connectivity index is 1.40. The van der Waals surface area contributed by atoms with Crippen LogP contribution < -0.4 is 15.4 Å². The van der Waals surface area contributed by atoms with E-state index in [9.17, 15) is 18.0 Å². The Morgan fingerprint density at radius 1 is 1.17 bits per heavy atom. The van der Waals surface area contributed by atoms with Gasteiger partial charge in [0.05, 0.1) is 12.0 Å². The molecule has 1 atom stereocenters. The summed E-state index contributed by atoms with van der Waals surface area (Å²) in [6, 6.07) is 9.15. The fourth-order valence-electron chi connectivity index (χ4n) is 3.75. The summed E-state index contributed by atoms with van der Waals surface area (Å²) in [6.07, 6.45) is 2.21. The van der Waals surface area contributed by atoms with E-state index in [1.54, 1.807) is 42.2 Å². The molecule has 1 spiro atoms. The minimum Gasteiger partial charge on any atom is -0.459 e. The number of sulfonamides is 1. The van der Waals surface area contributed by atoms with Crippen molar-refractivity contribution in [3.05, 3.63) is 48.4 Å². The minimum atomic E-state index is -3.63. The van der Waals surface area contributed by atoms with Gasteiger partial charge in [0.15, 0.2) is 5.76 Å². The molecule has 154 valence electrons. The third-order valence-corrected chi connectivity index (χ3v) is 6.87. The number of carbonyl (C=O) groups is 2. The van der Waals surface area contributed by atoms with E-state index in [4.69, 9.17) is 4.42 Å². The number of amides is 2. The molecule has 2 amide bonds. The largest absolute Gasteiger partial charge is 0.459 e. The number of likely N-dealkylation sites (tertiary alicyclic amines) is 1. The van der Waals surface area contributed by atoms with E-state index < -0.39 is 27.6 Å². The molecule has 0 aliphatic carbocycles. The fraction of sp³-hybridized carbons (Fsp3) is 0.368. The van der Waals surface area contributed by atoms with Gasteiger partial charge in [0.2, 0.25) is 15.9 Å². The van der Waals surface area contributed by atoms with Crippen LogP contribution in [0.4, 0.5) is 5.69 Å². The van der Waals surface area contributed by atoms with Crippen molar-refractivity contribution in [1.29, 1.82) is 0 Å². The molecular weight excluding hydrogens is 396 g/mol. The Labute approximate surface area is 168 Å². The van der Waals surface area contributed by atoms with Crippen LogP contribution in [-0.2, 0) is 14.8 Å². The van der Waals surface area contributed by atoms with Crippen LogP contribution in [0.1, 0.15) is 30.3 Å². The molecule has 4 rings (SSSR count). The van der Waals surface area contributed by atoms with E-state index in [-0.39, 0.29) is 16.6 Å². The standard InChI is InChI=1S/C19H22N4O5S/c1-13(20-17(24)15-6-4-12-28-15)18(25)23-10-8-19(9-11-23)21-14-5-2-3-7-16(14)29(26,27)22-19/h2-7,12-13,21-22H,8-11H2,1H3,(H,20,24)/t13-/m0/s1. The lowest BCUT2D eigenvalue weighted by atomic mass is 9.96. The number of nitrogens with one attached hydrogen (secondary N) is 3. The van der Waals surface area contributed by atoms with Gasteiger partial charge in [0.1, 0.15) is 16.6 Å². The van der Waals surface area contributed by atoms with E-state index in [1.807, 2.05) is 0 Å². The van der Waals surface area contributed by atoms with Gasteiger partial charge in [0, 0.05) is 25.9 Å². The maximum Gasteiger partial charge on any atom is 0.287 e. The monoisotopic (exact) mass is 418 g/mol. The first-order valence-electron chi connectivity index (χ1n) is 9.34. The highest BCUT2D eigenvalue weighted by Crippen LogP contribution is 2.34. The van der Waals surface area contributed by atoms with E-state index in [2.05, 4.69) is 15.4 Å². The van der Waals surface area contributed by atoms with Crippen LogP contribution in [0.3, 0.4) is 0 Å². The average molecular weight is 418 g/mol. The molecule has 2 aromatic rings. The van der Waals surface area contributed by atoms with Crippen molar-refractivity contribution in [3.63, 3.8) is 0 Å². The minimum absolute atomic E-state index is 0.140. The van der Waals surface area contributed by atoms with Crippen molar-refractivity contribution >= 4 is 27.5 Å². The first kappa shape index (κ1) is 19.5. The van der Waals surface area contributed by atoms with Crippen LogP contribution in [0.25, 0.3) is 0 Å². The summed E-state index contributed by atoms with van der Waals surface area (Å²) >= 11 is 0. The van der Waals surface area contributed by atoms with E-state index in [0.29, 0.717) is 31.6 Å². The molecule has 0 saturated carbocycles. The van der Waals surface area contributed by atoms with Gasteiger partial charge in [-0.3, -0.25) is 9.59 Å². The molecule has 1 saturated heterocycles. The molecule has 2 aliphatic heterocycles. The Morgan fingerprint density at radius 3 is 2.59 bits per heavy atom. The number of furan rings is 1. The van der Waals surface area contributed by atoms with E-state index >= 15 is 0 Å². The summed E-state index contributed by atoms with van der Waals surface area (Å²) in [7, 11) is -3.63. The van der Waals surface area contributed by atoms with Crippen molar-refractivity contribution in [3.8, 4) is 0 Å². The van der Waals surface area contributed by atoms with Gasteiger partial charge in [-0.2, -0.15) is 4.72 Å². The van der Waals surface area contributed by atoms with Crippen LogP contribution in [0.2, 0.25) is 0 Å². The Hall–Kier alpha value is -2.85. The molecule has 0 unspecified atom stereocenters. The number of piperidine rings is 1. The second kappa shape index (κ2) is 7.20. The molecule has 0 bridgehead atoms. The second-order valence-corrected chi connectivity index (χ2v) is 8.96. The number of hydrogen-bond acceptors (Lipinski definition) is 6. The van der Waals surface area contributed by atoms with Crippen molar-refractivity contribution in [1.82, 2.24) is 14.9 Å². The molecule has 2 aliphatic rings. The van der Waals surface area contributed by atoms with Gasteiger partial charge in [0.25, 0.3) is 5.91 Å². The van der Waals surface area contributed by atoms with Gasteiger partial charge in [-0.15, -0.1) is 0 Å². The van der Waals surface area contributed by atoms with Crippen molar-refractivity contribution < 1.29 is 22.4 Å². The van der Waals surface area contributed by atoms with Gasteiger partial charge < -0.3 is 20.0 Å². The predicted molar refractivity (Wildman–Crippen MR) is 105 cm³/mol. The predicted octanol–water partition coefficient (Wildman–Crippen LogP) is 1.12. The van der Waals surface area contributed by atoms with Gasteiger partial charge in [-0.05, 0) is 31.2 Å². The summed E-state index contributed by atoms with van der Waals surface area (Å²) in [4.78, 5) is 26.6. The van der Waals surface area contributed by atoms with Crippen molar-refractivity contribution in [2.24, 2.45) is 0 Å². The zero-order valence-electron chi connectivity index (χ0n) is 15.8. The van der Waals surface area contributed by atoms with Gasteiger partial charge >= 0.3 is 0 Å². The maximum atomic E-state index is 12.7. The number of nitrogens with zero attached hydrogens (tertiary/aromatic N) is 1. The topological polar surface area (TPSA) is 121 Å². The summed E-state index contributed by atoms with van der Waals surface area (Å²) < 4.78 is 33.0. The highest BCUT2D eigenvalue weighted by Gasteiger charge is 2.44. The first-order valence-corrected chi connectivity index (χ1v) is 10.8. The van der Waals surface area contributed by atoms with Crippen LogP contribution >= 0.6 is 0 Å². The van der Waals surface area contributed by atoms with Crippen LogP contribution in [0.15, 0.2) is 52.0 Å². The summed E-state index contributed by atoms with van der Waals surface area (Å²) in [5, 5.41) is 5.92. The Kier molecular flexibility index (Phi) is 4.83. The molecule has 3 heterocycles. The van der Waals surface area contributed by atoms with Crippen molar-refractivity contribution in [2.75, 3.05) is 18.4 Å². The lowest BCUT2D eigenvalue weighted by Gasteiger charge is -2.45. The van der Waals surface area contributed by atoms with Crippen LogP contribution in [0.5, 0.6) is 0 Å². The summed E-state index contributed by atoms with van der Waals surface area (Å²) in [5.74, 6) is -0.539. The normalized spacial score (nSPS) is 20.4. The number of hydrogen-bond donors (Lipinski definition) is 3. The number of rotatable bonds is 3. The molecule has 0 radical (unpaired) electrons. The number of para-hydroxylation sites is 1. The average Bonchev–Trinajstić information content (AvgIpc) is 3.22. The molecular formula is C19H22N4O5S. The second-order valence-electron chi connectivity index (χ2n) is 7.31. The zero-order chi connectivity index (χ0) is 20.6. The molecule has 1 aromatic carbocycles. The van der Waals surface area contributed by atoms with Crippen molar-refractivity contribution in [2.45, 2.75) is 36.4 Å². The number of anilines is 1. The first-order chi connectivity index (χ1) is 13.8. The quantitative estimate of drug-likeness (QED) is 0.687. The number of fused-ring (bicyclic) bond motifs is 1. The lowest BCUT2D eigenvalue weighted by molar-refractivity contribution is -0.134. The third kappa shape index (κ3) is 3.73. The third-order valence-electron chi connectivity index (χ3n) is 5.27. The highest BCUT2D eigenvalue weighted by atomic mass is 32.2. The Morgan fingerprint density at radius 2 is 1.90 bits per heavy atom. The van der Waals surface area contributed by atoms with Crippen LogP contribution in [-0.4, -0.2) is 49.9 Å². The van der Waals surface area contributed by atoms with Crippen LogP contribution in [0, 0.1) is 0 Å². The summed E-state index contributed by atoms with van der Waals surface area (Å²) in [6.45, 7) is 2.33. The molecule has 9 nitrogen and oxygen atoms in total. The molecule has 3 N–H and O–H groups in total. The molecule has 1 aromatic heterocycles. The Bertz CT molecular complexity index is 1030. The highest BCUT2D eigenvalue weighted by molar-refractivity contribution is 7.89. The molecule has 29 heavy (non-hydrogen) atoms. The fourth-order valence-corrected chi connectivity index (χ4v) is 5.29. The smallest absolute Gasteiger partial charge is 0.287 e. The SMILES string of the molecule is C[C@H](NC(=O)c1ccco1)C(=O)N1CCC2(CC1)Nc1ccccc1S(=O)(=O)N2. The molecule has 10 heteroatoms. The lowest BCUT2D eigenvalue weighted by Crippen LogP contribution is -2.63. The summed E-state index contributed by atoms with van der Waals surface area (Å²) in [5.41, 5.74) is -0.268. The number of carbonyl (C=O) groups excluding carboxylic acids is 2. The van der Waals surface area contributed by atoms with Gasteiger partial charge in [-0.1, -0.05) is 12.1 Å². The zero-order valence-corrected chi connectivity index (χ0v) is 16.7. The van der Waals surface area contributed by atoms with Gasteiger partial charge in [-0.25, -0.2) is 8.42 Å². The number of benzene rings is 1. The molecule has 1 fully saturated rings. The maximum absolute atomic E-state index is 12.7. The van der Waals surface area contributed by atoms with E-state index in [1.165, 1.54) is 12.3 Å².